The number of aliphatic hydroxyl groups is 1. The van der Waals surface area contributed by atoms with Crippen LogP contribution in [0.15, 0.2) is 59.5 Å². The Kier molecular flexibility index (Phi) is 8.82. The van der Waals surface area contributed by atoms with E-state index < -0.39 is 15.9 Å². The SMILES string of the molecule is C#CCCN(C)c1cc(-c2ccc(S(C)(=O)=O)cc2)nc(-c2cccc(OCC(O)CNC)c2)n1. The molecule has 35 heavy (non-hydrogen) atoms. The molecule has 0 saturated carbocycles. The van der Waals surface area contributed by atoms with Gasteiger partial charge < -0.3 is 20.1 Å². The second-order valence-corrected chi connectivity index (χ2v) is 10.2. The van der Waals surface area contributed by atoms with Gasteiger partial charge >= 0.3 is 0 Å². The lowest BCUT2D eigenvalue weighted by molar-refractivity contribution is 0.108. The maximum atomic E-state index is 11.8. The normalized spacial score (nSPS) is 12.1. The number of aromatic nitrogens is 2. The van der Waals surface area contributed by atoms with Gasteiger partial charge in [-0.05, 0) is 31.3 Å². The number of hydrogen-bond donors (Lipinski definition) is 2. The van der Waals surface area contributed by atoms with Crippen molar-refractivity contribution in [3.05, 3.63) is 54.6 Å². The number of hydrogen-bond acceptors (Lipinski definition) is 8. The third kappa shape index (κ3) is 7.26. The first-order valence-corrected chi connectivity index (χ1v) is 13.0. The van der Waals surface area contributed by atoms with E-state index in [-0.39, 0.29) is 11.5 Å². The number of nitrogens with one attached hydrogen (secondary N) is 1. The van der Waals surface area contributed by atoms with Gasteiger partial charge in [0.05, 0.1) is 10.6 Å². The second kappa shape index (κ2) is 11.8. The zero-order valence-electron chi connectivity index (χ0n) is 20.1. The van der Waals surface area contributed by atoms with Gasteiger partial charge in [0.2, 0.25) is 0 Å². The van der Waals surface area contributed by atoms with Gasteiger partial charge in [0, 0.05) is 50.0 Å². The summed E-state index contributed by atoms with van der Waals surface area (Å²) in [6.45, 7) is 1.19. The fraction of sp³-hybridized carbons (Fsp3) is 0.308. The van der Waals surface area contributed by atoms with Gasteiger partial charge in [0.25, 0.3) is 0 Å². The van der Waals surface area contributed by atoms with E-state index in [1.807, 2.05) is 42.3 Å². The van der Waals surface area contributed by atoms with Crippen LogP contribution in [0.1, 0.15) is 6.42 Å². The van der Waals surface area contributed by atoms with E-state index in [1.165, 1.54) is 6.26 Å². The summed E-state index contributed by atoms with van der Waals surface area (Å²) < 4.78 is 29.4. The summed E-state index contributed by atoms with van der Waals surface area (Å²) in [7, 11) is 0.370. The number of terminal acetylenes is 1. The lowest BCUT2D eigenvalue weighted by Crippen LogP contribution is -2.29. The highest BCUT2D eigenvalue weighted by molar-refractivity contribution is 7.90. The van der Waals surface area contributed by atoms with Crippen LogP contribution in [0.3, 0.4) is 0 Å². The zero-order chi connectivity index (χ0) is 25.4. The Hall–Kier alpha value is -3.45. The van der Waals surface area contributed by atoms with E-state index in [0.717, 1.165) is 11.1 Å². The molecule has 8 nitrogen and oxygen atoms in total. The van der Waals surface area contributed by atoms with Crippen molar-refractivity contribution in [3.8, 4) is 40.7 Å². The Morgan fingerprint density at radius 2 is 1.89 bits per heavy atom. The van der Waals surface area contributed by atoms with Crippen LogP contribution in [0.4, 0.5) is 5.82 Å². The van der Waals surface area contributed by atoms with Crippen molar-refractivity contribution < 1.29 is 18.3 Å². The number of aliphatic hydroxyl groups excluding tert-OH is 1. The Balaban J connectivity index is 1.99. The van der Waals surface area contributed by atoms with Crippen LogP contribution >= 0.6 is 0 Å². The minimum atomic E-state index is -3.30. The number of anilines is 1. The van der Waals surface area contributed by atoms with Crippen LogP contribution in [0.5, 0.6) is 5.75 Å². The minimum Gasteiger partial charge on any atom is -0.491 e. The summed E-state index contributed by atoms with van der Waals surface area (Å²) in [6.07, 6.45) is 6.55. The van der Waals surface area contributed by atoms with Gasteiger partial charge in [-0.25, -0.2) is 18.4 Å². The van der Waals surface area contributed by atoms with Gasteiger partial charge in [0.1, 0.15) is 24.3 Å². The van der Waals surface area contributed by atoms with Crippen LogP contribution in [0, 0.1) is 12.3 Å². The molecule has 0 amide bonds. The molecule has 1 aromatic heterocycles. The van der Waals surface area contributed by atoms with Crippen molar-refractivity contribution in [2.45, 2.75) is 17.4 Å². The third-order valence-electron chi connectivity index (χ3n) is 5.25. The van der Waals surface area contributed by atoms with Gasteiger partial charge in [-0.15, -0.1) is 12.3 Å². The van der Waals surface area contributed by atoms with Gasteiger partial charge in [0.15, 0.2) is 15.7 Å². The summed E-state index contributed by atoms with van der Waals surface area (Å²) in [4.78, 5) is 11.7. The molecule has 9 heteroatoms. The van der Waals surface area contributed by atoms with Crippen LogP contribution in [-0.2, 0) is 9.84 Å². The van der Waals surface area contributed by atoms with E-state index in [4.69, 9.17) is 21.1 Å². The summed E-state index contributed by atoms with van der Waals surface area (Å²) in [5.41, 5.74) is 2.15. The predicted molar refractivity (Wildman–Crippen MR) is 138 cm³/mol. The Morgan fingerprint density at radius 3 is 2.54 bits per heavy atom. The van der Waals surface area contributed by atoms with Crippen LogP contribution < -0.4 is 15.0 Å². The molecule has 1 heterocycles. The molecular weight excluding hydrogens is 464 g/mol. The number of benzene rings is 2. The molecule has 0 spiro atoms. The Bertz CT molecular complexity index is 1290. The standard InChI is InChI=1S/C26H30N4O4S/c1-5-6-14-30(3)25-16-24(19-10-12-23(13-11-19)35(4,32)33)28-26(29-25)20-8-7-9-22(15-20)34-18-21(31)17-27-2/h1,7-13,15-16,21,27,31H,6,14,17-18H2,2-4H3. The maximum Gasteiger partial charge on any atom is 0.175 e. The average Bonchev–Trinajstić information content (AvgIpc) is 2.85. The maximum absolute atomic E-state index is 11.8. The first kappa shape index (κ1) is 26.2. The highest BCUT2D eigenvalue weighted by Gasteiger charge is 2.14. The predicted octanol–water partition coefficient (Wildman–Crippen LogP) is 2.63. The molecule has 0 bridgehead atoms. The highest BCUT2D eigenvalue weighted by Crippen LogP contribution is 2.28. The van der Waals surface area contributed by atoms with Gasteiger partial charge in [-0.2, -0.15) is 0 Å². The van der Waals surface area contributed by atoms with E-state index in [1.54, 1.807) is 31.3 Å². The summed E-state index contributed by atoms with van der Waals surface area (Å²) in [5.74, 6) is 4.39. The molecule has 0 aliphatic carbocycles. The van der Waals surface area contributed by atoms with Crippen LogP contribution in [-0.4, -0.2) is 69.6 Å². The summed E-state index contributed by atoms with van der Waals surface area (Å²) >= 11 is 0. The Labute approximate surface area is 206 Å². The molecule has 0 aliphatic rings. The number of rotatable bonds is 11. The third-order valence-corrected chi connectivity index (χ3v) is 6.38. The molecule has 1 unspecified atom stereocenters. The van der Waals surface area contributed by atoms with Gasteiger partial charge in [-0.1, -0.05) is 24.3 Å². The molecule has 1 atom stereocenters. The van der Waals surface area contributed by atoms with E-state index in [2.05, 4.69) is 11.2 Å². The number of ether oxygens (including phenoxy) is 1. The number of likely N-dealkylation sites (N-methyl/N-ethyl adjacent to an activating group) is 1. The fourth-order valence-corrected chi connectivity index (χ4v) is 3.97. The molecule has 2 aromatic carbocycles. The zero-order valence-corrected chi connectivity index (χ0v) is 20.9. The number of sulfone groups is 1. The van der Waals surface area contributed by atoms with Crippen molar-refractivity contribution in [2.75, 3.05) is 44.9 Å². The first-order chi connectivity index (χ1) is 16.7. The van der Waals surface area contributed by atoms with Crippen LogP contribution in [0.25, 0.3) is 22.6 Å². The lowest BCUT2D eigenvalue weighted by atomic mass is 10.1. The average molecular weight is 495 g/mol. The van der Waals surface area contributed by atoms with E-state index in [9.17, 15) is 13.5 Å². The van der Waals surface area contributed by atoms with Crippen molar-refractivity contribution in [1.29, 1.82) is 0 Å². The number of nitrogens with zero attached hydrogens (tertiary/aromatic N) is 3. The smallest absolute Gasteiger partial charge is 0.175 e. The second-order valence-electron chi connectivity index (χ2n) is 8.16. The molecule has 3 aromatic rings. The van der Waals surface area contributed by atoms with Crippen LogP contribution in [0.2, 0.25) is 0 Å². The lowest BCUT2D eigenvalue weighted by Gasteiger charge is -2.19. The molecule has 184 valence electrons. The van der Waals surface area contributed by atoms with Crippen molar-refractivity contribution in [2.24, 2.45) is 0 Å². The molecule has 3 rings (SSSR count). The summed E-state index contributed by atoms with van der Waals surface area (Å²) in [5, 5.41) is 12.8. The van der Waals surface area contributed by atoms with Crippen molar-refractivity contribution in [1.82, 2.24) is 15.3 Å². The summed E-state index contributed by atoms with van der Waals surface area (Å²) in [6, 6.07) is 15.8. The van der Waals surface area contributed by atoms with E-state index in [0.29, 0.717) is 42.6 Å². The molecule has 0 radical (unpaired) electrons. The molecule has 0 aliphatic heterocycles. The van der Waals surface area contributed by atoms with Gasteiger partial charge in [-0.3, -0.25) is 0 Å². The van der Waals surface area contributed by atoms with Crippen molar-refractivity contribution in [3.63, 3.8) is 0 Å². The fourth-order valence-electron chi connectivity index (χ4n) is 3.34. The quantitative estimate of drug-likeness (QED) is 0.392. The van der Waals surface area contributed by atoms with Crippen molar-refractivity contribution >= 4 is 15.7 Å². The highest BCUT2D eigenvalue weighted by atomic mass is 32.2. The monoisotopic (exact) mass is 494 g/mol. The van der Waals surface area contributed by atoms with E-state index >= 15 is 0 Å². The minimum absolute atomic E-state index is 0.151. The largest absolute Gasteiger partial charge is 0.491 e. The molecular formula is C26H30N4O4S. The molecule has 2 N–H and O–H groups in total. The first-order valence-electron chi connectivity index (χ1n) is 11.1. The molecule has 0 saturated heterocycles. The molecule has 0 fully saturated rings. The topological polar surface area (TPSA) is 105 Å². The Morgan fingerprint density at radius 1 is 1.14 bits per heavy atom.